The van der Waals surface area contributed by atoms with Gasteiger partial charge in [-0.25, -0.2) is 0 Å². The van der Waals surface area contributed by atoms with E-state index in [1.807, 2.05) is 25.0 Å². The Hall–Kier alpha value is -1.56. The second kappa shape index (κ2) is 8.89. The fourth-order valence-electron chi connectivity index (χ4n) is 4.69. The van der Waals surface area contributed by atoms with Crippen molar-refractivity contribution in [3.05, 3.63) is 18.0 Å². The van der Waals surface area contributed by atoms with Gasteiger partial charge in [-0.05, 0) is 43.2 Å². The zero-order valence-corrected chi connectivity index (χ0v) is 17.0. The molecule has 3 heterocycles. The van der Waals surface area contributed by atoms with Gasteiger partial charge in [0.25, 0.3) is 0 Å². The highest BCUT2D eigenvalue weighted by Gasteiger charge is 2.27. The van der Waals surface area contributed by atoms with Crippen LogP contribution in [-0.4, -0.2) is 71.9 Å². The van der Waals surface area contributed by atoms with Crippen LogP contribution in [0.25, 0.3) is 0 Å². The van der Waals surface area contributed by atoms with Crippen LogP contribution in [0, 0.1) is 11.8 Å². The lowest BCUT2D eigenvalue weighted by Gasteiger charge is -2.35. The Balaban J connectivity index is 1.40. The highest BCUT2D eigenvalue weighted by Crippen LogP contribution is 2.26. The van der Waals surface area contributed by atoms with E-state index in [-0.39, 0.29) is 0 Å². The summed E-state index contributed by atoms with van der Waals surface area (Å²) in [5, 5.41) is 7.89. The van der Waals surface area contributed by atoms with Crippen molar-refractivity contribution in [2.24, 2.45) is 23.9 Å². The number of aliphatic imine (C=N–C) groups is 1. The number of rotatable bonds is 5. The summed E-state index contributed by atoms with van der Waals surface area (Å²) < 4.78 is 1.90. The van der Waals surface area contributed by atoms with E-state index in [0.717, 1.165) is 37.4 Å². The molecular weight excluding hydrogens is 324 g/mol. The Bertz CT molecular complexity index is 585. The minimum absolute atomic E-state index is 0.568. The summed E-state index contributed by atoms with van der Waals surface area (Å²) in [7, 11) is 3.88. The third kappa shape index (κ3) is 5.00. The smallest absolute Gasteiger partial charge is 0.193 e. The van der Waals surface area contributed by atoms with E-state index in [0.29, 0.717) is 5.92 Å². The summed E-state index contributed by atoms with van der Waals surface area (Å²) in [5.74, 6) is 3.30. The summed E-state index contributed by atoms with van der Waals surface area (Å²) in [6, 6.07) is 0. The number of aryl methyl sites for hydroxylation is 1. The van der Waals surface area contributed by atoms with Crippen molar-refractivity contribution in [3.63, 3.8) is 0 Å². The largest absolute Gasteiger partial charge is 0.356 e. The van der Waals surface area contributed by atoms with Crippen LogP contribution in [0.3, 0.4) is 0 Å². The first-order chi connectivity index (χ1) is 12.5. The summed E-state index contributed by atoms with van der Waals surface area (Å²) in [6.45, 7) is 11.6. The van der Waals surface area contributed by atoms with Gasteiger partial charge in [0.2, 0.25) is 0 Å². The van der Waals surface area contributed by atoms with E-state index in [1.54, 1.807) is 0 Å². The van der Waals surface area contributed by atoms with Gasteiger partial charge >= 0.3 is 0 Å². The van der Waals surface area contributed by atoms with Gasteiger partial charge in [-0.3, -0.25) is 9.67 Å². The molecule has 0 saturated carbocycles. The molecule has 26 heavy (non-hydrogen) atoms. The Kier molecular flexibility index (Phi) is 6.57. The monoisotopic (exact) mass is 360 g/mol. The molecule has 1 aromatic rings. The van der Waals surface area contributed by atoms with Crippen LogP contribution in [0.4, 0.5) is 0 Å². The second-order valence-corrected chi connectivity index (χ2v) is 8.41. The van der Waals surface area contributed by atoms with E-state index < -0.39 is 0 Å². The van der Waals surface area contributed by atoms with Gasteiger partial charge < -0.3 is 15.1 Å². The lowest BCUT2D eigenvalue weighted by Crippen LogP contribution is -2.42. The van der Waals surface area contributed by atoms with Crippen LogP contribution in [0.5, 0.6) is 0 Å². The summed E-state index contributed by atoms with van der Waals surface area (Å²) in [4.78, 5) is 9.54. The molecule has 0 amide bonds. The predicted octanol–water partition coefficient (Wildman–Crippen LogP) is 2.15. The van der Waals surface area contributed by atoms with Crippen molar-refractivity contribution in [1.29, 1.82) is 0 Å². The second-order valence-electron chi connectivity index (χ2n) is 8.41. The quantitative estimate of drug-likeness (QED) is 0.497. The maximum absolute atomic E-state index is 4.51. The molecule has 2 aliphatic rings. The molecule has 3 atom stereocenters. The van der Waals surface area contributed by atoms with Crippen LogP contribution < -0.4 is 5.32 Å². The molecule has 146 valence electrons. The summed E-state index contributed by atoms with van der Waals surface area (Å²) >= 11 is 0. The molecule has 1 aromatic heterocycles. The van der Waals surface area contributed by atoms with E-state index in [9.17, 15) is 0 Å². The average Bonchev–Trinajstić information content (AvgIpc) is 3.23. The first-order valence-corrected chi connectivity index (χ1v) is 10.2. The first-order valence-electron chi connectivity index (χ1n) is 10.2. The Labute approximate surface area is 158 Å². The van der Waals surface area contributed by atoms with Gasteiger partial charge in [-0.15, -0.1) is 0 Å². The number of piperidine rings is 1. The molecule has 0 aromatic carbocycles. The number of likely N-dealkylation sites (tertiary alicyclic amines) is 2. The van der Waals surface area contributed by atoms with E-state index >= 15 is 0 Å². The molecule has 0 aliphatic carbocycles. The fourth-order valence-corrected chi connectivity index (χ4v) is 4.69. The van der Waals surface area contributed by atoms with E-state index in [2.05, 4.69) is 45.3 Å². The van der Waals surface area contributed by atoms with Gasteiger partial charge in [0, 0.05) is 58.9 Å². The molecule has 0 radical (unpaired) electrons. The molecule has 2 fully saturated rings. The number of nitrogens with zero attached hydrogens (tertiary/aromatic N) is 5. The highest BCUT2D eigenvalue weighted by atomic mass is 15.3. The van der Waals surface area contributed by atoms with Crippen molar-refractivity contribution in [2.45, 2.75) is 39.0 Å². The van der Waals surface area contributed by atoms with Gasteiger partial charge in [-0.2, -0.15) is 5.10 Å². The topological polar surface area (TPSA) is 48.7 Å². The third-order valence-electron chi connectivity index (χ3n) is 5.77. The molecule has 6 heteroatoms. The van der Waals surface area contributed by atoms with Crippen molar-refractivity contribution < 1.29 is 0 Å². The molecule has 2 aliphatic heterocycles. The zero-order chi connectivity index (χ0) is 18.5. The lowest BCUT2D eigenvalue weighted by atomic mass is 9.92. The normalized spacial score (nSPS) is 27.9. The maximum atomic E-state index is 4.51. The maximum Gasteiger partial charge on any atom is 0.193 e. The molecule has 6 nitrogen and oxygen atoms in total. The van der Waals surface area contributed by atoms with Crippen LogP contribution in [0.15, 0.2) is 17.4 Å². The van der Waals surface area contributed by atoms with Crippen molar-refractivity contribution >= 4 is 5.96 Å². The van der Waals surface area contributed by atoms with Crippen molar-refractivity contribution in [3.8, 4) is 0 Å². The van der Waals surface area contributed by atoms with Crippen LogP contribution in [-0.2, 0) is 7.05 Å². The van der Waals surface area contributed by atoms with Crippen LogP contribution in [0.2, 0.25) is 0 Å². The summed E-state index contributed by atoms with van der Waals surface area (Å²) in [5.41, 5.74) is 1.35. The Morgan fingerprint density at radius 1 is 1.27 bits per heavy atom. The van der Waals surface area contributed by atoms with Gasteiger partial charge in [0.05, 0.1) is 6.20 Å². The molecular formula is C20H36N6. The minimum atomic E-state index is 0.568. The Morgan fingerprint density at radius 3 is 2.69 bits per heavy atom. The zero-order valence-electron chi connectivity index (χ0n) is 17.0. The standard InChI is InChI=1S/C20H36N6/c1-16-10-17(2)13-25(12-16)8-5-7-22-20(21-3)26-9-6-18(15-26)19-11-23-24(4)14-19/h11,14,16-18H,5-10,12-13,15H2,1-4H3,(H,21,22). The fraction of sp³-hybridized carbons (Fsp3) is 0.800. The van der Waals surface area contributed by atoms with Crippen molar-refractivity contribution in [1.82, 2.24) is 24.9 Å². The van der Waals surface area contributed by atoms with Gasteiger partial charge in [-0.1, -0.05) is 13.8 Å². The predicted molar refractivity (Wildman–Crippen MR) is 108 cm³/mol. The average molecular weight is 361 g/mol. The highest BCUT2D eigenvalue weighted by molar-refractivity contribution is 5.80. The third-order valence-corrected chi connectivity index (χ3v) is 5.77. The van der Waals surface area contributed by atoms with E-state index in [1.165, 1.54) is 44.5 Å². The van der Waals surface area contributed by atoms with Crippen LogP contribution >= 0.6 is 0 Å². The van der Waals surface area contributed by atoms with Gasteiger partial charge in [0.15, 0.2) is 5.96 Å². The van der Waals surface area contributed by atoms with Crippen LogP contribution in [0.1, 0.15) is 44.6 Å². The number of hydrogen-bond acceptors (Lipinski definition) is 3. The van der Waals surface area contributed by atoms with E-state index in [4.69, 9.17) is 0 Å². The number of nitrogens with one attached hydrogen (secondary N) is 1. The SMILES string of the molecule is CN=C(NCCCN1CC(C)CC(C)C1)N1CCC(c2cnn(C)c2)C1. The molecule has 3 rings (SSSR count). The Morgan fingerprint density at radius 2 is 2.04 bits per heavy atom. The van der Waals surface area contributed by atoms with Crippen molar-refractivity contribution in [2.75, 3.05) is 46.3 Å². The molecule has 0 bridgehead atoms. The molecule has 1 N–H and O–H groups in total. The van der Waals surface area contributed by atoms with Gasteiger partial charge in [0.1, 0.15) is 0 Å². The first kappa shape index (κ1) is 19.2. The lowest BCUT2D eigenvalue weighted by molar-refractivity contribution is 0.140. The minimum Gasteiger partial charge on any atom is -0.356 e. The number of aromatic nitrogens is 2. The number of guanidine groups is 1. The molecule has 0 spiro atoms. The number of hydrogen-bond donors (Lipinski definition) is 1. The molecule has 2 saturated heterocycles. The summed E-state index contributed by atoms with van der Waals surface area (Å²) in [6.07, 6.45) is 7.89. The molecule has 3 unspecified atom stereocenters.